The van der Waals surface area contributed by atoms with Crippen LogP contribution in [0.25, 0.3) is 5.69 Å². The number of aliphatic imine (C=N–C) groups is 1. The van der Waals surface area contributed by atoms with Crippen LogP contribution in [0.5, 0.6) is 0 Å². The highest BCUT2D eigenvalue weighted by Crippen LogP contribution is 2.11. The van der Waals surface area contributed by atoms with Gasteiger partial charge in [0.2, 0.25) is 0 Å². The zero-order valence-electron chi connectivity index (χ0n) is 14.3. The normalized spacial score (nSPS) is 11.5. The maximum absolute atomic E-state index is 4.37. The highest BCUT2D eigenvalue weighted by molar-refractivity contribution is 7.11. The lowest BCUT2D eigenvalue weighted by molar-refractivity contribution is 0.748. The molecule has 0 fully saturated rings. The molecule has 1 aromatic carbocycles. The van der Waals surface area contributed by atoms with Gasteiger partial charge in [-0.15, -0.1) is 21.5 Å². The molecule has 2 N–H and O–H groups in total. The Morgan fingerprint density at radius 3 is 2.80 bits per heavy atom. The molecular weight excluding hydrogens is 334 g/mol. The Morgan fingerprint density at radius 2 is 2.08 bits per heavy atom. The molecule has 3 rings (SSSR count). The molecule has 3 aromatic rings. The Kier molecular flexibility index (Phi) is 5.73. The fraction of sp³-hybridized carbons (Fsp3) is 0.294. The molecule has 0 unspecified atom stereocenters. The lowest BCUT2D eigenvalue weighted by Gasteiger charge is -2.12. The number of aryl methyl sites for hydroxylation is 1. The highest BCUT2D eigenvalue weighted by atomic mass is 32.1. The number of nitrogens with one attached hydrogen (secondary N) is 2. The predicted octanol–water partition coefficient (Wildman–Crippen LogP) is 1.94. The summed E-state index contributed by atoms with van der Waals surface area (Å²) in [6.07, 6.45) is 4.50. The second-order valence-electron chi connectivity index (χ2n) is 5.42. The van der Waals surface area contributed by atoms with Gasteiger partial charge in [0.1, 0.15) is 6.33 Å². The minimum atomic E-state index is 0.533. The number of rotatable bonds is 6. The molecule has 0 aliphatic carbocycles. The van der Waals surface area contributed by atoms with E-state index >= 15 is 0 Å². The molecule has 2 aromatic heterocycles. The summed E-state index contributed by atoms with van der Waals surface area (Å²) in [5, 5.41) is 15.9. The summed E-state index contributed by atoms with van der Waals surface area (Å²) in [5.74, 6) is 1.56. The smallest absolute Gasteiger partial charge is 0.191 e. The zero-order valence-corrected chi connectivity index (χ0v) is 15.1. The van der Waals surface area contributed by atoms with Crippen molar-refractivity contribution in [2.75, 3.05) is 13.6 Å². The second-order valence-corrected chi connectivity index (χ2v) is 6.74. The van der Waals surface area contributed by atoms with Gasteiger partial charge in [0, 0.05) is 36.8 Å². The van der Waals surface area contributed by atoms with Crippen LogP contribution in [0.1, 0.15) is 15.7 Å². The molecule has 0 saturated carbocycles. The Morgan fingerprint density at radius 1 is 1.24 bits per heavy atom. The van der Waals surface area contributed by atoms with Gasteiger partial charge in [0.05, 0.1) is 11.6 Å². The summed E-state index contributed by atoms with van der Waals surface area (Å²) in [5.41, 5.74) is 1.03. The van der Waals surface area contributed by atoms with Gasteiger partial charge in [-0.05, 0) is 19.1 Å². The number of aromatic nitrogens is 4. The first-order valence-electron chi connectivity index (χ1n) is 8.06. The molecule has 0 aliphatic heterocycles. The van der Waals surface area contributed by atoms with Crippen LogP contribution in [0, 0.1) is 6.92 Å². The van der Waals surface area contributed by atoms with E-state index in [9.17, 15) is 0 Å². The maximum Gasteiger partial charge on any atom is 0.191 e. The average Bonchev–Trinajstić information content (AvgIpc) is 3.27. The zero-order chi connectivity index (χ0) is 17.5. The molecule has 0 saturated heterocycles. The SMILES string of the molecule is CN=C(NCCc1ncc(C)s1)NCc1nncn1-c1ccccc1. The predicted molar refractivity (Wildman–Crippen MR) is 100 cm³/mol. The fourth-order valence-corrected chi connectivity index (χ4v) is 3.16. The van der Waals surface area contributed by atoms with Gasteiger partial charge in [-0.3, -0.25) is 9.56 Å². The molecule has 0 amide bonds. The van der Waals surface area contributed by atoms with E-state index in [2.05, 4.69) is 37.7 Å². The van der Waals surface area contributed by atoms with E-state index in [1.54, 1.807) is 24.7 Å². The number of nitrogens with zero attached hydrogens (tertiary/aromatic N) is 5. The summed E-state index contributed by atoms with van der Waals surface area (Å²) in [7, 11) is 1.75. The van der Waals surface area contributed by atoms with Crippen LogP contribution in [-0.4, -0.2) is 39.3 Å². The monoisotopic (exact) mass is 355 g/mol. The van der Waals surface area contributed by atoms with Crippen molar-refractivity contribution in [3.05, 3.63) is 58.6 Å². The van der Waals surface area contributed by atoms with Crippen LogP contribution in [0.2, 0.25) is 0 Å². The van der Waals surface area contributed by atoms with Gasteiger partial charge in [-0.1, -0.05) is 18.2 Å². The Labute approximate surface area is 150 Å². The van der Waals surface area contributed by atoms with Crippen molar-refractivity contribution in [3.63, 3.8) is 0 Å². The van der Waals surface area contributed by atoms with Crippen molar-refractivity contribution in [1.82, 2.24) is 30.4 Å². The van der Waals surface area contributed by atoms with Crippen molar-refractivity contribution in [3.8, 4) is 5.69 Å². The summed E-state index contributed by atoms with van der Waals surface area (Å²) in [6, 6.07) is 10.0. The highest BCUT2D eigenvalue weighted by Gasteiger charge is 2.07. The maximum atomic E-state index is 4.37. The Hall–Kier alpha value is -2.74. The van der Waals surface area contributed by atoms with Gasteiger partial charge in [0.15, 0.2) is 11.8 Å². The minimum Gasteiger partial charge on any atom is -0.356 e. The third kappa shape index (κ3) is 4.63. The van der Waals surface area contributed by atoms with Crippen LogP contribution in [0.15, 0.2) is 47.8 Å². The fourth-order valence-electron chi connectivity index (χ4n) is 2.37. The van der Waals surface area contributed by atoms with Crippen molar-refractivity contribution < 1.29 is 0 Å². The van der Waals surface area contributed by atoms with E-state index in [1.165, 1.54) is 4.88 Å². The summed E-state index contributed by atoms with van der Waals surface area (Å²) >= 11 is 1.72. The van der Waals surface area contributed by atoms with Crippen LogP contribution in [0.4, 0.5) is 0 Å². The Bertz CT molecular complexity index is 822. The molecule has 0 atom stereocenters. The average molecular weight is 355 g/mol. The van der Waals surface area contributed by atoms with Crippen molar-refractivity contribution in [1.29, 1.82) is 0 Å². The first-order valence-corrected chi connectivity index (χ1v) is 8.88. The third-order valence-electron chi connectivity index (χ3n) is 3.59. The lowest BCUT2D eigenvalue weighted by atomic mass is 10.3. The summed E-state index contributed by atoms with van der Waals surface area (Å²) in [4.78, 5) is 9.85. The van der Waals surface area contributed by atoms with Crippen molar-refractivity contribution in [2.45, 2.75) is 19.9 Å². The first kappa shape index (κ1) is 17.1. The number of hydrogen-bond donors (Lipinski definition) is 2. The third-order valence-corrected chi connectivity index (χ3v) is 4.56. The molecule has 0 aliphatic rings. The summed E-state index contributed by atoms with van der Waals surface area (Å²) in [6.45, 7) is 3.38. The number of thiazole rings is 1. The molecule has 2 heterocycles. The molecular formula is C17H21N7S. The molecule has 8 heteroatoms. The van der Waals surface area contributed by atoms with E-state index in [0.717, 1.165) is 35.4 Å². The molecule has 7 nitrogen and oxygen atoms in total. The topological polar surface area (TPSA) is 80.0 Å². The molecule has 0 bridgehead atoms. The second kappa shape index (κ2) is 8.39. The molecule has 0 radical (unpaired) electrons. The Balaban J connectivity index is 1.53. The van der Waals surface area contributed by atoms with Crippen LogP contribution >= 0.6 is 11.3 Å². The number of hydrogen-bond acceptors (Lipinski definition) is 5. The number of guanidine groups is 1. The van der Waals surface area contributed by atoms with E-state index < -0.39 is 0 Å². The first-order chi connectivity index (χ1) is 12.3. The lowest BCUT2D eigenvalue weighted by Crippen LogP contribution is -2.38. The van der Waals surface area contributed by atoms with Gasteiger partial charge < -0.3 is 10.6 Å². The number of benzene rings is 1. The minimum absolute atomic E-state index is 0.533. The van der Waals surface area contributed by atoms with E-state index in [0.29, 0.717) is 6.54 Å². The van der Waals surface area contributed by atoms with Gasteiger partial charge in [-0.2, -0.15) is 0 Å². The summed E-state index contributed by atoms with van der Waals surface area (Å²) < 4.78 is 1.96. The van der Waals surface area contributed by atoms with E-state index in [4.69, 9.17) is 0 Å². The van der Waals surface area contributed by atoms with Gasteiger partial charge in [0.25, 0.3) is 0 Å². The van der Waals surface area contributed by atoms with E-state index in [-0.39, 0.29) is 0 Å². The van der Waals surface area contributed by atoms with Crippen LogP contribution in [-0.2, 0) is 13.0 Å². The molecule has 0 spiro atoms. The van der Waals surface area contributed by atoms with Gasteiger partial charge in [-0.25, -0.2) is 4.98 Å². The van der Waals surface area contributed by atoms with Crippen LogP contribution in [0.3, 0.4) is 0 Å². The van der Waals surface area contributed by atoms with Gasteiger partial charge >= 0.3 is 0 Å². The van der Waals surface area contributed by atoms with E-state index in [1.807, 2.05) is 41.1 Å². The molecule has 130 valence electrons. The largest absolute Gasteiger partial charge is 0.356 e. The quantitative estimate of drug-likeness (QED) is 0.522. The number of para-hydroxylation sites is 1. The van der Waals surface area contributed by atoms with Crippen molar-refractivity contribution >= 4 is 17.3 Å². The van der Waals surface area contributed by atoms with Crippen LogP contribution < -0.4 is 10.6 Å². The molecule has 25 heavy (non-hydrogen) atoms. The van der Waals surface area contributed by atoms with Crippen molar-refractivity contribution in [2.24, 2.45) is 4.99 Å². The standard InChI is InChI=1S/C17H21N7S/c1-13-10-20-16(25-13)8-9-19-17(18-2)21-11-15-23-22-12-24(15)14-6-4-3-5-7-14/h3-7,10,12H,8-9,11H2,1-2H3,(H2,18,19,21).